The van der Waals surface area contributed by atoms with Crippen molar-refractivity contribution < 1.29 is 19.1 Å². The number of fused-ring (bicyclic) bond motifs is 5. The Balaban J connectivity index is 1.97. The zero-order valence-electron chi connectivity index (χ0n) is 14.5. The maximum absolute atomic E-state index is 12.1. The third-order valence-corrected chi connectivity index (χ3v) is 4.37. The van der Waals surface area contributed by atoms with Crippen LogP contribution in [0.3, 0.4) is 0 Å². The molecule has 0 saturated heterocycles. The van der Waals surface area contributed by atoms with Gasteiger partial charge in [0.15, 0.2) is 0 Å². The maximum atomic E-state index is 12.1. The van der Waals surface area contributed by atoms with E-state index in [1.807, 2.05) is 24.3 Å². The molecule has 0 aliphatic carbocycles. The smallest absolute Gasteiger partial charge is 0.354 e. The van der Waals surface area contributed by atoms with Crippen molar-refractivity contribution in [2.45, 2.75) is 13.8 Å². The van der Waals surface area contributed by atoms with Crippen LogP contribution in [0.1, 0.15) is 34.8 Å². The fourth-order valence-corrected chi connectivity index (χ4v) is 3.28. The molecule has 2 aromatic carbocycles. The predicted octanol–water partition coefficient (Wildman–Crippen LogP) is 4.16. The summed E-state index contributed by atoms with van der Waals surface area (Å²) in [6, 6.07) is 11.4. The molecule has 132 valence electrons. The number of hydrogen-bond donors (Lipinski definition) is 2. The van der Waals surface area contributed by atoms with Gasteiger partial charge in [0, 0.05) is 27.2 Å². The standard InChI is InChI=1S/C20H18N2O4/c1-3-25-19(23)16-9-12-14(21-16)7-5-11-6-8-15-13(18(11)12)10-17(22-15)20(24)26-4-2/h5-10,21-22H,3-4H2,1-2H3. The van der Waals surface area contributed by atoms with Crippen LogP contribution in [-0.2, 0) is 9.47 Å². The summed E-state index contributed by atoms with van der Waals surface area (Å²) in [6.07, 6.45) is 0. The summed E-state index contributed by atoms with van der Waals surface area (Å²) in [6.45, 7) is 4.19. The molecule has 26 heavy (non-hydrogen) atoms. The van der Waals surface area contributed by atoms with E-state index in [2.05, 4.69) is 9.97 Å². The van der Waals surface area contributed by atoms with Crippen LogP contribution in [0.15, 0.2) is 36.4 Å². The van der Waals surface area contributed by atoms with E-state index >= 15 is 0 Å². The lowest BCUT2D eigenvalue weighted by molar-refractivity contribution is 0.0511. The van der Waals surface area contributed by atoms with Crippen molar-refractivity contribution in [3.8, 4) is 0 Å². The number of esters is 2. The Kier molecular flexibility index (Phi) is 3.88. The topological polar surface area (TPSA) is 84.2 Å². The van der Waals surface area contributed by atoms with Crippen LogP contribution in [0, 0.1) is 0 Å². The third kappa shape index (κ3) is 2.50. The van der Waals surface area contributed by atoms with Gasteiger partial charge in [-0.3, -0.25) is 0 Å². The molecule has 4 rings (SSSR count). The molecule has 0 spiro atoms. The fourth-order valence-electron chi connectivity index (χ4n) is 3.28. The molecule has 0 saturated carbocycles. The van der Waals surface area contributed by atoms with Gasteiger partial charge in [0.05, 0.1) is 13.2 Å². The summed E-state index contributed by atoms with van der Waals surface area (Å²) in [4.78, 5) is 30.3. The molecule has 0 atom stereocenters. The van der Waals surface area contributed by atoms with Gasteiger partial charge in [0.1, 0.15) is 11.4 Å². The van der Waals surface area contributed by atoms with E-state index in [0.29, 0.717) is 24.6 Å². The van der Waals surface area contributed by atoms with Gasteiger partial charge in [-0.25, -0.2) is 9.59 Å². The largest absolute Gasteiger partial charge is 0.461 e. The van der Waals surface area contributed by atoms with E-state index in [4.69, 9.17) is 9.47 Å². The molecule has 0 radical (unpaired) electrons. The summed E-state index contributed by atoms with van der Waals surface area (Å²) in [5, 5.41) is 3.81. The van der Waals surface area contributed by atoms with Crippen molar-refractivity contribution in [2.75, 3.05) is 13.2 Å². The van der Waals surface area contributed by atoms with Gasteiger partial charge in [-0.15, -0.1) is 0 Å². The minimum Gasteiger partial charge on any atom is -0.461 e. The van der Waals surface area contributed by atoms with Gasteiger partial charge in [0.2, 0.25) is 0 Å². The average molecular weight is 350 g/mol. The minimum absolute atomic E-state index is 0.319. The molecule has 0 bridgehead atoms. The summed E-state index contributed by atoms with van der Waals surface area (Å²) in [5.74, 6) is -0.768. The highest BCUT2D eigenvalue weighted by Crippen LogP contribution is 2.33. The second kappa shape index (κ2) is 6.22. The Morgan fingerprint density at radius 1 is 0.808 bits per heavy atom. The highest BCUT2D eigenvalue weighted by atomic mass is 16.5. The number of aromatic amines is 2. The first-order chi connectivity index (χ1) is 12.6. The lowest BCUT2D eigenvalue weighted by Gasteiger charge is -2.01. The molecule has 6 nitrogen and oxygen atoms in total. The monoisotopic (exact) mass is 350 g/mol. The predicted molar refractivity (Wildman–Crippen MR) is 99.6 cm³/mol. The summed E-state index contributed by atoms with van der Waals surface area (Å²) < 4.78 is 10.2. The van der Waals surface area contributed by atoms with E-state index < -0.39 is 0 Å². The SMILES string of the molecule is CCOC(=O)c1cc2c(ccc3ccc4[nH]c(C(=O)OCC)cc4c32)[nH]1. The van der Waals surface area contributed by atoms with Crippen LogP contribution in [-0.4, -0.2) is 35.1 Å². The van der Waals surface area contributed by atoms with Crippen LogP contribution in [0.2, 0.25) is 0 Å². The molecule has 2 N–H and O–H groups in total. The van der Waals surface area contributed by atoms with E-state index in [1.54, 1.807) is 26.0 Å². The van der Waals surface area contributed by atoms with E-state index in [1.165, 1.54) is 0 Å². The van der Waals surface area contributed by atoms with Crippen LogP contribution in [0.25, 0.3) is 32.6 Å². The minimum atomic E-state index is -0.384. The van der Waals surface area contributed by atoms with Gasteiger partial charge in [-0.05, 0) is 43.5 Å². The van der Waals surface area contributed by atoms with Crippen molar-refractivity contribution in [3.63, 3.8) is 0 Å². The van der Waals surface area contributed by atoms with Crippen molar-refractivity contribution in [1.29, 1.82) is 0 Å². The summed E-state index contributed by atoms with van der Waals surface area (Å²) in [5.41, 5.74) is 2.50. The normalized spacial score (nSPS) is 11.3. The fraction of sp³-hybridized carbons (Fsp3) is 0.200. The second-order valence-electron chi connectivity index (χ2n) is 5.96. The Morgan fingerprint density at radius 3 is 1.69 bits per heavy atom. The van der Waals surface area contributed by atoms with Crippen molar-refractivity contribution in [1.82, 2.24) is 9.97 Å². The second-order valence-corrected chi connectivity index (χ2v) is 5.96. The quantitative estimate of drug-likeness (QED) is 0.541. The molecule has 0 unspecified atom stereocenters. The Labute approximate surface area is 149 Å². The van der Waals surface area contributed by atoms with Gasteiger partial charge in [-0.1, -0.05) is 12.1 Å². The lowest BCUT2D eigenvalue weighted by Crippen LogP contribution is -2.04. The van der Waals surface area contributed by atoms with E-state index in [0.717, 1.165) is 32.6 Å². The molecular formula is C20H18N2O4. The van der Waals surface area contributed by atoms with Gasteiger partial charge in [-0.2, -0.15) is 0 Å². The van der Waals surface area contributed by atoms with Crippen LogP contribution in [0.5, 0.6) is 0 Å². The summed E-state index contributed by atoms with van der Waals surface area (Å²) >= 11 is 0. The maximum Gasteiger partial charge on any atom is 0.354 e. The van der Waals surface area contributed by atoms with Crippen LogP contribution < -0.4 is 0 Å². The first-order valence-electron chi connectivity index (χ1n) is 8.53. The molecule has 0 aliphatic rings. The first-order valence-corrected chi connectivity index (χ1v) is 8.53. The molecular weight excluding hydrogens is 332 g/mol. The molecule has 2 heterocycles. The number of nitrogens with one attached hydrogen (secondary N) is 2. The number of carbonyl (C=O) groups is 2. The zero-order chi connectivity index (χ0) is 18.3. The highest BCUT2D eigenvalue weighted by Gasteiger charge is 2.16. The lowest BCUT2D eigenvalue weighted by atomic mass is 10.0. The van der Waals surface area contributed by atoms with Crippen LogP contribution in [0.4, 0.5) is 0 Å². The van der Waals surface area contributed by atoms with E-state index in [9.17, 15) is 9.59 Å². The van der Waals surface area contributed by atoms with Crippen LogP contribution >= 0.6 is 0 Å². The van der Waals surface area contributed by atoms with Gasteiger partial charge in [0.25, 0.3) is 0 Å². The van der Waals surface area contributed by atoms with Gasteiger partial charge >= 0.3 is 11.9 Å². The Morgan fingerprint density at radius 2 is 1.27 bits per heavy atom. The molecule has 0 amide bonds. The summed E-state index contributed by atoms with van der Waals surface area (Å²) in [7, 11) is 0. The Bertz CT molecular complexity index is 1070. The average Bonchev–Trinajstić information content (AvgIpc) is 3.25. The number of hydrogen-bond acceptors (Lipinski definition) is 4. The Hall–Kier alpha value is -3.28. The third-order valence-electron chi connectivity index (χ3n) is 4.37. The van der Waals surface area contributed by atoms with Crippen molar-refractivity contribution >= 4 is 44.5 Å². The number of benzene rings is 2. The number of aromatic nitrogens is 2. The molecule has 2 aromatic heterocycles. The molecule has 0 fully saturated rings. The molecule has 6 heteroatoms. The van der Waals surface area contributed by atoms with E-state index in [-0.39, 0.29) is 11.9 Å². The number of ether oxygens (including phenoxy) is 2. The zero-order valence-corrected chi connectivity index (χ0v) is 14.5. The number of carbonyl (C=O) groups excluding carboxylic acids is 2. The molecule has 4 aromatic rings. The number of H-pyrrole nitrogens is 2. The first kappa shape index (κ1) is 16.2. The van der Waals surface area contributed by atoms with Crippen molar-refractivity contribution in [3.05, 3.63) is 47.8 Å². The molecule has 0 aliphatic heterocycles. The van der Waals surface area contributed by atoms with Gasteiger partial charge < -0.3 is 19.4 Å². The number of rotatable bonds is 4. The van der Waals surface area contributed by atoms with Crippen molar-refractivity contribution in [2.24, 2.45) is 0 Å². The highest BCUT2D eigenvalue weighted by molar-refractivity contribution is 6.21.